The molecule has 0 aliphatic carbocycles. The minimum absolute atomic E-state index is 0.0184. The lowest BCUT2D eigenvalue weighted by Crippen LogP contribution is -2.33. The van der Waals surface area contributed by atoms with Gasteiger partial charge in [0.1, 0.15) is 16.7 Å². The number of aliphatic hydroxyl groups excluding tert-OH is 1. The first-order valence-electron chi connectivity index (χ1n) is 9.70. The molecule has 33 heavy (non-hydrogen) atoms. The van der Waals surface area contributed by atoms with Crippen LogP contribution in [0.4, 0.5) is 13.2 Å². The van der Waals surface area contributed by atoms with Crippen LogP contribution in [0.15, 0.2) is 48.7 Å². The number of carbonyl (C=O) groups is 1. The maximum absolute atomic E-state index is 12.8. The fourth-order valence-electron chi connectivity index (χ4n) is 3.52. The van der Waals surface area contributed by atoms with Gasteiger partial charge in [-0.25, -0.2) is 18.4 Å². The Kier molecular flexibility index (Phi) is 5.74. The minimum Gasteiger partial charge on any atom is -0.439 e. The van der Waals surface area contributed by atoms with E-state index in [1.807, 2.05) is 0 Å². The molecular weight excluding hydrogens is 463 g/mol. The number of aromatic nitrogens is 2. The van der Waals surface area contributed by atoms with Crippen LogP contribution >= 0.6 is 0 Å². The Bertz CT molecular complexity index is 1310. The number of ether oxygens (including phenoxy) is 1. The van der Waals surface area contributed by atoms with E-state index in [0.29, 0.717) is 22.8 Å². The minimum atomic E-state index is -4.49. The highest BCUT2D eigenvalue weighted by molar-refractivity contribution is 7.91. The summed E-state index contributed by atoms with van der Waals surface area (Å²) >= 11 is 0. The van der Waals surface area contributed by atoms with Gasteiger partial charge in [-0.1, -0.05) is 6.07 Å². The maximum Gasteiger partial charge on any atom is 0.417 e. The number of rotatable bonds is 4. The topological polar surface area (TPSA) is 110 Å². The summed E-state index contributed by atoms with van der Waals surface area (Å²) in [6, 6.07) is 9.75. The average Bonchev–Trinajstić information content (AvgIpc) is 3.15. The van der Waals surface area contributed by atoms with Crippen LogP contribution in [0.25, 0.3) is 10.9 Å². The molecule has 1 aromatic carbocycles. The van der Waals surface area contributed by atoms with Crippen LogP contribution < -0.4 is 4.74 Å². The second-order valence-corrected chi connectivity index (χ2v) is 9.95. The normalized spacial score (nSPS) is 19.1. The number of β-amino-alcohol motifs (C(OH)–C–C–N with tert-alkyl or cyclic N) is 1. The van der Waals surface area contributed by atoms with Gasteiger partial charge in [0, 0.05) is 37.0 Å². The molecule has 4 rings (SSSR count). The predicted molar refractivity (Wildman–Crippen MR) is 112 cm³/mol. The Morgan fingerprint density at radius 2 is 1.91 bits per heavy atom. The van der Waals surface area contributed by atoms with Gasteiger partial charge in [0.15, 0.2) is 9.84 Å². The first-order valence-corrected chi connectivity index (χ1v) is 11.7. The standard InChI is InChI=1S/C21H18F3N3O5S/c1-33(30,31)18-11-27(10-17(18)28)20(29)16-5-2-12-8-14(4-6-15(12)26-16)32-19-7-3-13(9-25-19)21(22,23)24/h2-9,17-18,28H,10-11H2,1H3/t17-,18-/m0/s1. The lowest BCUT2D eigenvalue weighted by molar-refractivity contribution is -0.137. The number of halogens is 3. The summed E-state index contributed by atoms with van der Waals surface area (Å²) in [4.78, 5) is 22.0. The van der Waals surface area contributed by atoms with Crippen molar-refractivity contribution in [1.29, 1.82) is 0 Å². The third-order valence-corrected chi connectivity index (χ3v) is 6.80. The Morgan fingerprint density at radius 1 is 1.15 bits per heavy atom. The third kappa shape index (κ3) is 4.91. The van der Waals surface area contributed by atoms with Crippen molar-refractivity contribution in [2.75, 3.05) is 19.3 Å². The second-order valence-electron chi connectivity index (χ2n) is 7.68. The van der Waals surface area contributed by atoms with E-state index in [4.69, 9.17) is 4.74 Å². The molecule has 2 aromatic heterocycles. The summed E-state index contributed by atoms with van der Waals surface area (Å²) in [6.45, 7) is -0.228. The first kappa shape index (κ1) is 22.9. The highest BCUT2D eigenvalue weighted by atomic mass is 32.2. The van der Waals surface area contributed by atoms with Crippen molar-refractivity contribution in [2.45, 2.75) is 17.5 Å². The van der Waals surface area contributed by atoms with Gasteiger partial charge in [-0.2, -0.15) is 13.2 Å². The summed E-state index contributed by atoms with van der Waals surface area (Å²) in [6.07, 6.45) is -3.96. The summed E-state index contributed by atoms with van der Waals surface area (Å²) in [5, 5.41) is 9.56. The van der Waals surface area contributed by atoms with E-state index in [9.17, 15) is 31.5 Å². The number of likely N-dealkylation sites (tertiary alicyclic amines) is 1. The van der Waals surface area contributed by atoms with Gasteiger partial charge in [-0.05, 0) is 30.3 Å². The number of hydrogen-bond acceptors (Lipinski definition) is 7. The molecule has 0 spiro atoms. The number of sulfone groups is 1. The van der Waals surface area contributed by atoms with E-state index < -0.39 is 38.8 Å². The summed E-state index contributed by atoms with van der Waals surface area (Å²) in [5.74, 6) is -0.208. The van der Waals surface area contributed by atoms with Gasteiger partial charge in [-0.15, -0.1) is 0 Å². The van der Waals surface area contributed by atoms with E-state index in [1.54, 1.807) is 18.2 Å². The molecule has 12 heteroatoms. The SMILES string of the molecule is CS(=O)(=O)[C@H]1CN(C(=O)c2ccc3cc(Oc4ccc(C(F)(F)F)cn4)ccc3n2)C[C@@H]1O. The Balaban J connectivity index is 1.51. The molecule has 0 bridgehead atoms. The molecule has 1 fully saturated rings. The zero-order chi connectivity index (χ0) is 24.0. The molecule has 174 valence electrons. The number of aliphatic hydroxyl groups is 1. The summed E-state index contributed by atoms with van der Waals surface area (Å²) in [7, 11) is -3.51. The molecule has 1 amide bonds. The van der Waals surface area contributed by atoms with Gasteiger partial charge < -0.3 is 14.7 Å². The first-order chi connectivity index (χ1) is 15.4. The molecule has 0 radical (unpaired) electrons. The number of fused-ring (bicyclic) bond motifs is 1. The lowest BCUT2D eigenvalue weighted by Gasteiger charge is -2.15. The van der Waals surface area contributed by atoms with Crippen molar-refractivity contribution in [3.8, 4) is 11.6 Å². The van der Waals surface area contributed by atoms with E-state index in [1.165, 1.54) is 17.0 Å². The Hall–Kier alpha value is -3.25. The van der Waals surface area contributed by atoms with Gasteiger partial charge >= 0.3 is 6.18 Å². The number of nitrogens with zero attached hydrogens (tertiary/aromatic N) is 3. The highest BCUT2D eigenvalue weighted by Crippen LogP contribution is 2.30. The van der Waals surface area contributed by atoms with Crippen molar-refractivity contribution < 1.29 is 36.2 Å². The maximum atomic E-state index is 12.8. The van der Waals surface area contributed by atoms with Crippen LogP contribution in [-0.4, -0.2) is 65.0 Å². The van der Waals surface area contributed by atoms with Gasteiger partial charge in [0.2, 0.25) is 5.88 Å². The highest BCUT2D eigenvalue weighted by Gasteiger charge is 2.40. The molecule has 0 saturated carbocycles. The second kappa shape index (κ2) is 8.27. The van der Waals surface area contributed by atoms with Crippen LogP contribution in [-0.2, 0) is 16.0 Å². The fourth-order valence-corrected chi connectivity index (χ4v) is 4.63. The third-order valence-electron chi connectivity index (χ3n) is 5.24. The Labute approximate surface area is 186 Å². The number of hydrogen-bond donors (Lipinski definition) is 1. The van der Waals surface area contributed by atoms with Crippen LogP contribution in [0.5, 0.6) is 11.6 Å². The average molecular weight is 481 g/mol. The molecule has 1 aliphatic rings. The van der Waals surface area contributed by atoms with Crippen molar-refractivity contribution in [3.63, 3.8) is 0 Å². The zero-order valence-corrected chi connectivity index (χ0v) is 18.0. The molecule has 1 saturated heterocycles. The number of alkyl halides is 3. The number of pyridine rings is 2. The van der Waals surface area contributed by atoms with E-state index >= 15 is 0 Å². The molecule has 1 aliphatic heterocycles. The monoisotopic (exact) mass is 481 g/mol. The quantitative estimate of drug-likeness (QED) is 0.610. The molecule has 2 atom stereocenters. The van der Waals surface area contributed by atoms with Crippen LogP contribution in [0, 0.1) is 0 Å². The number of benzene rings is 1. The van der Waals surface area contributed by atoms with Crippen molar-refractivity contribution in [3.05, 3.63) is 59.9 Å². The molecular formula is C21H18F3N3O5S. The van der Waals surface area contributed by atoms with E-state index in [0.717, 1.165) is 18.4 Å². The smallest absolute Gasteiger partial charge is 0.417 e. The van der Waals surface area contributed by atoms with Crippen molar-refractivity contribution in [2.24, 2.45) is 0 Å². The fraction of sp³-hybridized carbons (Fsp3) is 0.286. The lowest BCUT2D eigenvalue weighted by atomic mass is 10.2. The van der Waals surface area contributed by atoms with Crippen LogP contribution in [0.1, 0.15) is 16.1 Å². The van der Waals surface area contributed by atoms with Gasteiger partial charge in [0.05, 0.1) is 17.2 Å². The van der Waals surface area contributed by atoms with Crippen molar-refractivity contribution >= 4 is 26.6 Å². The largest absolute Gasteiger partial charge is 0.439 e. The van der Waals surface area contributed by atoms with E-state index in [-0.39, 0.29) is 24.7 Å². The molecule has 3 heterocycles. The summed E-state index contributed by atoms with van der Waals surface area (Å²) < 4.78 is 67.0. The number of amides is 1. The zero-order valence-electron chi connectivity index (χ0n) is 17.2. The van der Waals surface area contributed by atoms with Gasteiger partial charge in [0.25, 0.3) is 5.91 Å². The predicted octanol–water partition coefficient (Wildman–Crippen LogP) is 2.67. The van der Waals surface area contributed by atoms with Gasteiger partial charge in [-0.3, -0.25) is 4.79 Å². The summed E-state index contributed by atoms with van der Waals surface area (Å²) in [5.41, 5.74) is -0.349. The molecule has 1 N–H and O–H groups in total. The molecule has 0 unspecified atom stereocenters. The van der Waals surface area contributed by atoms with Crippen molar-refractivity contribution in [1.82, 2.24) is 14.9 Å². The number of carbonyl (C=O) groups excluding carboxylic acids is 1. The van der Waals surface area contributed by atoms with Crippen LogP contribution in [0.2, 0.25) is 0 Å². The van der Waals surface area contributed by atoms with Crippen LogP contribution in [0.3, 0.4) is 0 Å². The molecule has 3 aromatic rings. The van der Waals surface area contributed by atoms with E-state index in [2.05, 4.69) is 9.97 Å². The molecule has 8 nitrogen and oxygen atoms in total. The Morgan fingerprint density at radius 3 is 2.52 bits per heavy atom.